The first-order chi connectivity index (χ1) is 21.7. The van der Waals surface area contributed by atoms with Crippen molar-refractivity contribution in [2.24, 2.45) is 0 Å². The quantitative estimate of drug-likeness (QED) is 0.130. The molecular weight excluding hydrogens is 590 g/mol. The van der Waals surface area contributed by atoms with Crippen LogP contribution in [0.25, 0.3) is 10.9 Å². The van der Waals surface area contributed by atoms with E-state index in [1.807, 2.05) is 30.3 Å². The molecule has 4 N–H and O–H groups in total. The van der Waals surface area contributed by atoms with Crippen LogP contribution in [0.4, 0.5) is 5.69 Å². The highest BCUT2D eigenvalue weighted by Gasteiger charge is 2.18. The monoisotopic (exact) mass is 621 g/mol. The summed E-state index contributed by atoms with van der Waals surface area (Å²) in [6, 6.07) is 33.1. The summed E-state index contributed by atoms with van der Waals surface area (Å²) in [6.07, 6.45) is 0.161. The van der Waals surface area contributed by atoms with E-state index in [9.17, 15) is 22.8 Å². The standard InChI is InChI=1S/C34H31N5O5S/c35-33(37-31(40)19-24-9-3-1-4-10-24)27-17-15-25(16-18-27)21-36-32(41)22-39-30-14-8-7-13-28(30)20-29(34(39)42)38-45(43,44)23-26-11-5-2-6-12-26/h1-18,20,38H,19,21-23H2,(H,36,41)(H2,35,37,40). The highest BCUT2D eigenvalue weighted by molar-refractivity contribution is 7.91. The second kappa shape index (κ2) is 13.8. The lowest BCUT2D eigenvalue weighted by Gasteiger charge is -2.15. The van der Waals surface area contributed by atoms with Gasteiger partial charge in [-0.3, -0.25) is 29.1 Å². The first kappa shape index (κ1) is 30.9. The number of sulfonamides is 1. The largest absolute Gasteiger partial charge is 0.350 e. The number of para-hydroxylation sites is 1. The third kappa shape index (κ3) is 8.30. The number of hydrogen-bond acceptors (Lipinski definition) is 6. The van der Waals surface area contributed by atoms with Gasteiger partial charge in [-0.15, -0.1) is 0 Å². The second-order valence-corrected chi connectivity index (χ2v) is 12.1. The van der Waals surface area contributed by atoms with Crippen LogP contribution in [-0.2, 0) is 44.9 Å². The van der Waals surface area contributed by atoms with Crippen LogP contribution in [0.1, 0.15) is 22.3 Å². The van der Waals surface area contributed by atoms with Gasteiger partial charge in [-0.25, -0.2) is 8.42 Å². The van der Waals surface area contributed by atoms with E-state index in [-0.39, 0.29) is 42.7 Å². The summed E-state index contributed by atoms with van der Waals surface area (Å²) in [6.45, 7) is -0.174. The van der Waals surface area contributed by atoms with Crippen molar-refractivity contribution in [1.29, 1.82) is 5.41 Å². The van der Waals surface area contributed by atoms with Crippen molar-refractivity contribution in [1.82, 2.24) is 15.2 Å². The molecule has 0 unspecified atom stereocenters. The van der Waals surface area contributed by atoms with Crippen molar-refractivity contribution in [3.63, 3.8) is 0 Å². The Morgan fingerprint density at radius 1 is 0.733 bits per heavy atom. The molecule has 5 rings (SSSR count). The van der Waals surface area contributed by atoms with Crippen LogP contribution in [0.2, 0.25) is 0 Å². The van der Waals surface area contributed by atoms with Gasteiger partial charge in [0.1, 0.15) is 18.1 Å². The van der Waals surface area contributed by atoms with Crippen molar-refractivity contribution in [3.8, 4) is 0 Å². The molecule has 0 fully saturated rings. The van der Waals surface area contributed by atoms with Crippen molar-refractivity contribution in [2.45, 2.75) is 25.3 Å². The number of fused-ring (bicyclic) bond motifs is 1. The fourth-order valence-electron chi connectivity index (χ4n) is 4.78. The number of pyridine rings is 1. The van der Waals surface area contributed by atoms with Crippen molar-refractivity contribution >= 4 is 44.3 Å². The smallest absolute Gasteiger partial charge is 0.275 e. The highest BCUT2D eigenvalue weighted by Crippen LogP contribution is 2.18. The molecule has 228 valence electrons. The molecular formula is C34H31N5O5S. The van der Waals surface area contributed by atoms with Crippen LogP contribution in [0, 0.1) is 5.41 Å². The Labute approximate surface area is 260 Å². The van der Waals surface area contributed by atoms with Gasteiger partial charge in [0.25, 0.3) is 5.56 Å². The van der Waals surface area contributed by atoms with Crippen LogP contribution >= 0.6 is 0 Å². The number of nitrogens with zero attached hydrogens (tertiary/aromatic N) is 1. The van der Waals surface area contributed by atoms with Gasteiger partial charge in [0.05, 0.1) is 17.7 Å². The van der Waals surface area contributed by atoms with Gasteiger partial charge in [-0.2, -0.15) is 0 Å². The van der Waals surface area contributed by atoms with E-state index in [1.54, 1.807) is 78.9 Å². The summed E-state index contributed by atoms with van der Waals surface area (Å²) in [5.41, 5.74) is 2.37. The van der Waals surface area contributed by atoms with Crippen molar-refractivity contribution < 1.29 is 18.0 Å². The van der Waals surface area contributed by atoms with E-state index in [2.05, 4.69) is 15.4 Å². The molecule has 0 aliphatic rings. The molecule has 4 aromatic carbocycles. The molecule has 0 saturated heterocycles. The summed E-state index contributed by atoms with van der Waals surface area (Å²) < 4.78 is 29.4. The van der Waals surface area contributed by atoms with Gasteiger partial charge in [0.15, 0.2) is 0 Å². The Bertz CT molecular complexity index is 2010. The Morgan fingerprint density at radius 3 is 2.04 bits per heavy atom. The molecule has 45 heavy (non-hydrogen) atoms. The average Bonchev–Trinajstić information content (AvgIpc) is 3.03. The molecule has 1 heterocycles. The zero-order chi connectivity index (χ0) is 31.8. The van der Waals surface area contributed by atoms with Crippen LogP contribution < -0.4 is 20.9 Å². The van der Waals surface area contributed by atoms with Gasteiger partial charge in [-0.05, 0) is 28.8 Å². The van der Waals surface area contributed by atoms with Gasteiger partial charge in [0.2, 0.25) is 21.8 Å². The van der Waals surface area contributed by atoms with E-state index >= 15 is 0 Å². The maximum atomic E-state index is 13.4. The van der Waals surface area contributed by atoms with Crippen molar-refractivity contribution in [3.05, 3.63) is 148 Å². The lowest BCUT2D eigenvalue weighted by Crippen LogP contribution is -2.34. The molecule has 2 amide bonds. The molecule has 0 spiro atoms. The lowest BCUT2D eigenvalue weighted by molar-refractivity contribution is -0.122. The maximum Gasteiger partial charge on any atom is 0.275 e. The van der Waals surface area contributed by atoms with Gasteiger partial charge in [-0.1, -0.05) is 103 Å². The summed E-state index contributed by atoms with van der Waals surface area (Å²) in [5, 5.41) is 14.2. The fourth-order valence-corrected chi connectivity index (χ4v) is 5.97. The predicted octanol–water partition coefficient (Wildman–Crippen LogP) is 3.94. The van der Waals surface area contributed by atoms with E-state index in [0.717, 1.165) is 11.1 Å². The molecule has 0 radical (unpaired) electrons. The van der Waals surface area contributed by atoms with Gasteiger partial charge >= 0.3 is 0 Å². The normalized spacial score (nSPS) is 11.1. The summed E-state index contributed by atoms with van der Waals surface area (Å²) in [7, 11) is -3.90. The average molecular weight is 622 g/mol. The molecule has 0 atom stereocenters. The molecule has 0 saturated carbocycles. The third-order valence-electron chi connectivity index (χ3n) is 6.97. The topological polar surface area (TPSA) is 150 Å². The number of rotatable bonds is 11. The number of amidine groups is 1. The third-order valence-corrected chi connectivity index (χ3v) is 8.22. The highest BCUT2D eigenvalue weighted by atomic mass is 32.2. The first-order valence-corrected chi connectivity index (χ1v) is 15.8. The number of aromatic nitrogens is 1. The Balaban J connectivity index is 1.22. The van der Waals surface area contributed by atoms with Crippen LogP contribution in [0.3, 0.4) is 0 Å². The first-order valence-electron chi connectivity index (χ1n) is 14.1. The maximum absolute atomic E-state index is 13.4. The van der Waals surface area contributed by atoms with E-state index in [4.69, 9.17) is 5.41 Å². The number of anilines is 1. The fraction of sp³-hybridized carbons (Fsp3) is 0.118. The Kier molecular flexibility index (Phi) is 9.49. The minimum atomic E-state index is -3.90. The lowest BCUT2D eigenvalue weighted by atomic mass is 10.1. The van der Waals surface area contributed by atoms with E-state index < -0.39 is 21.5 Å². The van der Waals surface area contributed by atoms with Gasteiger partial charge < -0.3 is 10.6 Å². The van der Waals surface area contributed by atoms with Crippen LogP contribution in [-0.4, -0.2) is 30.6 Å². The van der Waals surface area contributed by atoms with Crippen LogP contribution in [0.15, 0.2) is 120 Å². The molecule has 10 nitrogen and oxygen atoms in total. The van der Waals surface area contributed by atoms with E-state index in [1.165, 1.54) is 10.6 Å². The second-order valence-electron chi connectivity index (χ2n) is 10.4. The van der Waals surface area contributed by atoms with Gasteiger partial charge in [0, 0.05) is 17.5 Å². The van der Waals surface area contributed by atoms with Crippen molar-refractivity contribution in [2.75, 3.05) is 4.72 Å². The molecule has 0 aliphatic heterocycles. The number of amides is 2. The zero-order valence-electron chi connectivity index (χ0n) is 24.2. The molecule has 0 bridgehead atoms. The molecule has 11 heteroatoms. The molecule has 0 aliphatic carbocycles. The number of carbonyl (C=O) groups is 2. The molecule has 5 aromatic rings. The Hall–Kier alpha value is -5.55. The summed E-state index contributed by atoms with van der Waals surface area (Å²) in [5.74, 6) is -1.08. The molecule has 1 aromatic heterocycles. The predicted molar refractivity (Wildman–Crippen MR) is 174 cm³/mol. The minimum absolute atomic E-state index is 0.0305. The SMILES string of the molecule is N=C(NC(=O)Cc1ccccc1)c1ccc(CNC(=O)Cn2c(=O)c(NS(=O)(=O)Cc3ccccc3)cc3ccccc32)cc1. The summed E-state index contributed by atoms with van der Waals surface area (Å²) >= 11 is 0. The minimum Gasteiger partial charge on any atom is -0.350 e. The number of hydrogen-bond donors (Lipinski definition) is 4. The summed E-state index contributed by atoms with van der Waals surface area (Å²) in [4.78, 5) is 38.7. The van der Waals surface area contributed by atoms with Crippen LogP contribution in [0.5, 0.6) is 0 Å². The Morgan fingerprint density at radius 2 is 1.36 bits per heavy atom. The zero-order valence-corrected chi connectivity index (χ0v) is 25.0. The number of benzene rings is 4. The van der Waals surface area contributed by atoms with E-state index in [0.29, 0.717) is 22.0 Å². The number of nitrogens with one attached hydrogen (secondary N) is 4. The number of carbonyl (C=O) groups excluding carboxylic acids is 2.